The van der Waals surface area contributed by atoms with Crippen LogP contribution in [0.2, 0.25) is 0 Å². The predicted molar refractivity (Wildman–Crippen MR) is 76.7 cm³/mol. The summed E-state index contributed by atoms with van der Waals surface area (Å²) in [6.45, 7) is 2.22. The molecule has 0 spiro atoms. The standard InChI is InChI=1S/C15H20N2O3/c1-9-11(15(19)20)5-3-7-13(9)17-14(18)12-6-2-4-10(12)8-16/h3,5,7,10,12H,2,4,6,8,16H2,1H3,(H,17,18)(H,19,20). The molecule has 0 aromatic heterocycles. The SMILES string of the molecule is Cc1c(NC(=O)C2CCCC2CN)cccc1C(=O)O. The minimum absolute atomic E-state index is 0.0522. The second-order valence-electron chi connectivity index (χ2n) is 5.31. The van der Waals surface area contributed by atoms with E-state index in [1.54, 1.807) is 19.1 Å². The number of hydrogen-bond donors (Lipinski definition) is 3. The number of nitrogens with one attached hydrogen (secondary N) is 1. The molecule has 2 atom stereocenters. The van der Waals surface area contributed by atoms with E-state index in [0.717, 1.165) is 19.3 Å². The van der Waals surface area contributed by atoms with Crippen LogP contribution < -0.4 is 11.1 Å². The number of carbonyl (C=O) groups is 2. The number of carboxylic acids is 1. The Hall–Kier alpha value is -1.88. The van der Waals surface area contributed by atoms with E-state index in [4.69, 9.17) is 10.8 Å². The number of rotatable bonds is 4. The highest BCUT2D eigenvalue weighted by Crippen LogP contribution is 2.32. The molecule has 108 valence electrons. The number of hydrogen-bond acceptors (Lipinski definition) is 3. The van der Waals surface area contributed by atoms with E-state index in [9.17, 15) is 9.59 Å². The number of aromatic carboxylic acids is 1. The Morgan fingerprint density at radius 3 is 2.80 bits per heavy atom. The predicted octanol–water partition coefficient (Wildman–Crippen LogP) is 2.01. The Kier molecular flexibility index (Phi) is 4.39. The Morgan fingerprint density at radius 2 is 2.15 bits per heavy atom. The molecule has 2 unspecified atom stereocenters. The lowest BCUT2D eigenvalue weighted by atomic mass is 9.95. The Balaban J connectivity index is 2.16. The molecule has 1 aromatic carbocycles. The van der Waals surface area contributed by atoms with Gasteiger partial charge in [0.25, 0.3) is 0 Å². The molecular weight excluding hydrogens is 256 g/mol. The summed E-state index contributed by atoms with van der Waals surface area (Å²) in [5.74, 6) is -0.867. The van der Waals surface area contributed by atoms with Crippen LogP contribution in [0.1, 0.15) is 35.2 Å². The highest BCUT2D eigenvalue weighted by atomic mass is 16.4. The molecule has 1 fully saturated rings. The van der Waals surface area contributed by atoms with Crippen LogP contribution in [0.5, 0.6) is 0 Å². The Labute approximate surface area is 118 Å². The first-order chi connectivity index (χ1) is 9.54. The number of carboxylic acid groups (broad SMARTS) is 1. The maximum atomic E-state index is 12.3. The Morgan fingerprint density at radius 1 is 1.40 bits per heavy atom. The number of anilines is 1. The van der Waals surface area contributed by atoms with Gasteiger partial charge < -0.3 is 16.2 Å². The van der Waals surface area contributed by atoms with Crippen molar-refractivity contribution in [1.29, 1.82) is 0 Å². The van der Waals surface area contributed by atoms with Crippen LogP contribution in [0.25, 0.3) is 0 Å². The van der Waals surface area contributed by atoms with Gasteiger partial charge >= 0.3 is 5.97 Å². The monoisotopic (exact) mass is 276 g/mol. The molecule has 1 aliphatic carbocycles. The average Bonchev–Trinajstić information content (AvgIpc) is 2.89. The molecular formula is C15H20N2O3. The molecule has 0 radical (unpaired) electrons. The third-order valence-corrected chi connectivity index (χ3v) is 4.12. The van der Waals surface area contributed by atoms with Crippen LogP contribution in [0.15, 0.2) is 18.2 Å². The molecule has 0 heterocycles. The van der Waals surface area contributed by atoms with Gasteiger partial charge in [-0.3, -0.25) is 4.79 Å². The van der Waals surface area contributed by atoms with Gasteiger partial charge in [-0.1, -0.05) is 12.5 Å². The third kappa shape index (κ3) is 2.82. The van der Waals surface area contributed by atoms with Gasteiger partial charge in [0, 0.05) is 11.6 Å². The van der Waals surface area contributed by atoms with Gasteiger partial charge in [0.05, 0.1) is 5.56 Å². The van der Waals surface area contributed by atoms with Gasteiger partial charge in [0.15, 0.2) is 0 Å². The number of carbonyl (C=O) groups excluding carboxylic acids is 1. The quantitative estimate of drug-likeness (QED) is 0.784. The minimum atomic E-state index is -0.987. The fourth-order valence-electron chi connectivity index (χ4n) is 2.89. The summed E-state index contributed by atoms with van der Waals surface area (Å²) < 4.78 is 0. The number of amides is 1. The van der Waals surface area contributed by atoms with Crippen molar-refractivity contribution in [2.45, 2.75) is 26.2 Å². The molecule has 0 saturated heterocycles. The summed E-state index contributed by atoms with van der Waals surface area (Å²) in [6, 6.07) is 4.90. The van der Waals surface area contributed by atoms with Crippen LogP contribution in [-0.2, 0) is 4.79 Å². The van der Waals surface area contributed by atoms with Gasteiger partial charge in [0.1, 0.15) is 0 Å². The molecule has 2 rings (SSSR count). The summed E-state index contributed by atoms with van der Waals surface area (Å²) >= 11 is 0. The van der Waals surface area contributed by atoms with Crippen molar-refractivity contribution in [1.82, 2.24) is 0 Å². The molecule has 5 heteroatoms. The summed E-state index contributed by atoms with van der Waals surface area (Å²) in [7, 11) is 0. The first-order valence-electron chi connectivity index (χ1n) is 6.88. The largest absolute Gasteiger partial charge is 0.478 e. The maximum Gasteiger partial charge on any atom is 0.336 e. The van der Waals surface area contributed by atoms with Gasteiger partial charge in [-0.15, -0.1) is 0 Å². The van der Waals surface area contributed by atoms with Crippen molar-refractivity contribution in [2.75, 3.05) is 11.9 Å². The first kappa shape index (κ1) is 14.5. The van der Waals surface area contributed by atoms with Gasteiger partial charge in [-0.25, -0.2) is 4.79 Å². The van der Waals surface area contributed by atoms with E-state index < -0.39 is 5.97 Å². The number of nitrogens with two attached hydrogens (primary N) is 1. The van der Waals surface area contributed by atoms with Crippen molar-refractivity contribution >= 4 is 17.6 Å². The van der Waals surface area contributed by atoms with Crippen molar-refractivity contribution in [3.8, 4) is 0 Å². The van der Waals surface area contributed by atoms with Crippen molar-refractivity contribution in [3.63, 3.8) is 0 Å². The summed E-state index contributed by atoms with van der Waals surface area (Å²) in [4.78, 5) is 23.4. The highest BCUT2D eigenvalue weighted by molar-refractivity contribution is 5.97. The van der Waals surface area contributed by atoms with Crippen LogP contribution in [0.3, 0.4) is 0 Å². The van der Waals surface area contributed by atoms with Crippen LogP contribution in [-0.4, -0.2) is 23.5 Å². The highest BCUT2D eigenvalue weighted by Gasteiger charge is 2.32. The van der Waals surface area contributed by atoms with Gasteiger partial charge in [-0.05, 0) is 49.9 Å². The van der Waals surface area contributed by atoms with Crippen molar-refractivity contribution in [3.05, 3.63) is 29.3 Å². The van der Waals surface area contributed by atoms with E-state index in [1.165, 1.54) is 6.07 Å². The molecule has 1 aromatic rings. The van der Waals surface area contributed by atoms with Crippen LogP contribution in [0.4, 0.5) is 5.69 Å². The molecule has 0 bridgehead atoms. The average molecular weight is 276 g/mol. The van der Waals surface area contributed by atoms with Gasteiger partial charge in [0.2, 0.25) is 5.91 Å². The minimum Gasteiger partial charge on any atom is -0.478 e. The lowest BCUT2D eigenvalue weighted by molar-refractivity contribution is -0.120. The van der Waals surface area contributed by atoms with E-state index in [2.05, 4.69) is 5.32 Å². The molecule has 5 nitrogen and oxygen atoms in total. The third-order valence-electron chi connectivity index (χ3n) is 4.12. The lowest BCUT2D eigenvalue weighted by Gasteiger charge is -2.18. The van der Waals surface area contributed by atoms with Crippen molar-refractivity contribution < 1.29 is 14.7 Å². The second kappa shape index (κ2) is 6.05. The van der Waals surface area contributed by atoms with Crippen LogP contribution >= 0.6 is 0 Å². The molecule has 4 N–H and O–H groups in total. The van der Waals surface area contributed by atoms with Crippen molar-refractivity contribution in [2.24, 2.45) is 17.6 Å². The van der Waals surface area contributed by atoms with E-state index in [-0.39, 0.29) is 23.3 Å². The van der Waals surface area contributed by atoms with Gasteiger partial charge in [-0.2, -0.15) is 0 Å². The summed E-state index contributed by atoms with van der Waals surface area (Å²) in [5, 5.41) is 11.9. The molecule has 1 aliphatic rings. The van der Waals surface area contributed by atoms with E-state index in [1.807, 2.05) is 0 Å². The molecule has 20 heavy (non-hydrogen) atoms. The zero-order valence-electron chi connectivity index (χ0n) is 11.6. The fourth-order valence-corrected chi connectivity index (χ4v) is 2.89. The summed E-state index contributed by atoms with van der Waals surface area (Å²) in [5.41, 5.74) is 7.05. The first-order valence-corrected chi connectivity index (χ1v) is 6.88. The number of benzene rings is 1. The normalized spacial score (nSPS) is 21.7. The Bertz CT molecular complexity index is 528. The zero-order chi connectivity index (χ0) is 14.7. The lowest BCUT2D eigenvalue weighted by Crippen LogP contribution is -2.30. The second-order valence-corrected chi connectivity index (χ2v) is 5.31. The molecule has 1 amide bonds. The zero-order valence-corrected chi connectivity index (χ0v) is 11.6. The smallest absolute Gasteiger partial charge is 0.336 e. The summed E-state index contributed by atoms with van der Waals surface area (Å²) in [6.07, 6.45) is 2.86. The molecule has 1 saturated carbocycles. The maximum absolute atomic E-state index is 12.3. The fraction of sp³-hybridized carbons (Fsp3) is 0.467. The topological polar surface area (TPSA) is 92.4 Å². The van der Waals surface area contributed by atoms with Crippen LogP contribution in [0, 0.1) is 18.8 Å². The van der Waals surface area contributed by atoms with E-state index >= 15 is 0 Å². The van der Waals surface area contributed by atoms with E-state index in [0.29, 0.717) is 17.8 Å². The molecule has 0 aliphatic heterocycles.